The highest BCUT2D eigenvalue weighted by atomic mass is 16.5. The molecule has 1 unspecified atom stereocenters. The lowest BCUT2D eigenvalue weighted by molar-refractivity contribution is -0.144. The molecule has 0 amide bonds. The molecule has 0 aliphatic carbocycles. The second kappa shape index (κ2) is 4.04. The molecule has 1 aromatic heterocycles. The van der Waals surface area contributed by atoms with Crippen LogP contribution in [0.3, 0.4) is 0 Å². The standard InChI is InChI=1S/C8H13N3O2/c1-6(8(12)13-2)11-4-3-10-7(11)5-9/h3-4,6H,5,9H2,1-2H3. The number of hydrogen-bond acceptors (Lipinski definition) is 4. The molecule has 1 aromatic rings. The van der Waals surface area contributed by atoms with E-state index in [9.17, 15) is 4.79 Å². The van der Waals surface area contributed by atoms with Gasteiger partial charge in [-0.2, -0.15) is 0 Å². The van der Waals surface area contributed by atoms with Crippen LogP contribution in [-0.2, 0) is 16.1 Å². The lowest BCUT2D eigenvalue weighted by Gasteiger charge is -2.12. The molecule has 0 aliphatic rings. The molecule has 5 heteroatoms. The van der Waals surface area contributed by atoms with Crippen LogP contribution < -0.4 is 5.73 Å². The number of carbonyl (C=O) groups is 1. The van der Waals surface area contributed by atoms with E-state index in [-0.39, 0.29) is 12.0 Å². The van der Waals surface area contributed by atoms with Crippen LogP contribution in [0.4, 0.5) is 0 Å². The van der Waals surface area contributed by atoms with E-state index >= 15 is 0 Å². The topological polar surface area (TPSA) is 70.1 Å². The third-order valence-electron chi connectivity index (χ3n) is 1.89. The maximum Gasteiger partial charge on any atom is 0.328 e. The highest BCUT2D eigenvalue weighted by Gasteiger charge is 2.16. The van der Waals surface area contributed by atoms with Crippen LogP contribution in [0.2, 0.25) is 0 Å². The number of methoxy groups -OCH3 is 1. The zero-order chi connectivity index (χ0) is 9.84. The number of carbonyl (C=O) groups excluding carboxylic acids is 1. The average molecular weight is 183 g/mol. The minimum absolute atomic E-state index is 0.298. The predicted molar refractivity (Wildman–Crippen MR) is 46.8 cm³/mol. The van der Waals surface area contributed by atoms with Crippen LogP contribution in [0.15, 0.2) is 12.4 Å². The molecule has 0 saturated heterocycles. The summed E-state index contributed by atoms with van der Waals surface area (Å²) in [5, 5.41) is 0. The van der Waals surface area contributed by atoms with Crippen LogP contribution >= 0.6 is 0 Å². The SMILES string of the molecule is COC(=O)C(C)n1ccnc1CN. The summed E-state index contributed by atoms with van der Waals surface area (Å²) in [5.41, 5.74) is 5.44. The van der Waals surface area contributed by atoms with Crippen LogP contribution in [0.1, 0.15) is 18.8 Å². The van der Waals surface area contributed by atoms with Crippen LogP contribution in [0.5, 0.6) is 0 Å². The molecule has 0 spiro atoms. The summed E-state index contributed by atoms with van der Waals surface area (Å²) >= 11 is 0. The van der Waals surface area contributed by atoms with Crippen LogP contribution in [0.25, 0.3) is 0 Å². The minimum atomic E-state index is -0.369. The molecule has 0 radical (unpaired) electrons. The fourth-order valence-corrected chi connectivity index (χ4v) is 1.14. The predicted octanol–water partition coefficient (Wildman–Crippen LogP) is 0.0758. The number of esters is 1. The van der Waals surface area contributed by atoms with Crippen molar-refractivity contribution < 1.29 is 9.53 Å². The van der Waals surface area contributed by atoms with Crippen molar-refractivity contribution in [3.8, 4) is 0 Å². The largest absolute Gasteiger partial charge is 0.467 e. The van der Waals surface area contributed by atoms with Gasteiger partial charge in [-0.1, -0.05) is 0 Å². The lowest BCUT2D eigenvalue weighted by Crippen LogP contribution is -2.20. The number of aromatic nitrogens is 2. The van der Waals surface area contributed by atoms with Gasteiger partial charge in [-0.25, -0.2) is 9.78 Å². The summed E-state index contributed by atoms with van der Waals surface area (Å²) in [6.45, 7) is 2.06. The summed E-state index contributed by atoms with van der Waals surface area (Å²) in [6.07, 6.45) is 3.32. The molecule has 5 nitrogen and oxygen atoms in total. The zero-order valence-corrected chi connectivity index (χ0v) is 7.73. The number of hydrogen-bond donors (Lipinski definition) is 1. The maximum absolute atomic E-state index is 11.2. The number of nitrogens with two attached hydrogens (primary N) is 1. The van der Waals surface area contributed by atoms with Crippen molar-refractivity contribution >= 4 is 5.97 Å². The van der Waals surface area contributed by atoms with Gasteiger partial charge in [0, 0.05) is 12.4 Å². The first-order valence-electron chi connectivity index (χ1n) is 4.00. The summed E-state index contributed by atoms with van der Waals surface area (Å²) in [7, 11) is 1.36. The number of imidazole rings is 1. The van der Waals surface area contributed by atoms with Crippen molar-refractivity contribution in [1.29, 1.82) is 0 Å². The van der Waals surface area contributed by atoms with Crippen molar-refractivity contribution in [2.24, 2.45) is 5.73 Å². The van der Waals surface area contributed by atoms with Crippen molar-refractivity contribution in [3.05, 3.63) is 18.2 Å². The van der Waals surface area contributed by atoms with Crippen molar-refractivity contribution in [3.63, 3.8) is 0 Å². The van der Waals surface area contributed by atoms with Crippen LogP contribution in [0, 0.1) is 0 Å². The van der Waals surface area contributed by atoms with Gasteiger partial charge in [0.15, 0.2) is 0 Å². The van der Waals surface area contributed by atoms with Gasteiger partial charge in [0.1, 0.15) is 11.9 Å². The average Bonchev–Trinajstić information content (AvgIpc) is 2.62. The van der Waals surface area contributed by atoms with Gasteiger partial charge in [0.2, 0.25) is 0 Å². The maximum atomic E-state index is 11.2. The van der Waals surface area contributed by atoms with Gasteiger partial charge in [-0.15, -0.1) is 0 Å². The number of rotatable bonds is 3. The van der Waals surface area contributed by atoms with Crippen molar-refractivity contribution in [2.45, 2.75) is 19.5 Å². The molecule has 72 valence electrons. The molecule has 1 rings (SSSR count). The zero-order valence-electron chi connectivity index (χ0n) is 7.73. The Labute approximate surface area is 76.5 Å². The highest BCUT2D eigenvalue weighted by molar-refractivity contribution is 5.73. The van der Waals surface area contributed by atoms with Crippen LogP contribution in [-0.4, -0.2) is 22.6 Å². The molecule has 13 heavy (non-hydrogen) atoms. The Morgan fingerprint density at radius 1 is 1.85 bits per heavy atom. The molecular weight excluding hydrogens is 170 g/mol. The Kier molecular flexibility index (Phi) is 3.02. The Bertz CT molecular complexity index is 295. The first-order valence-corrected chi connectivity index (χ1v) is 4.00. The second-order valence-electron chi connectivity index (χ2n) is 2.65. The van der Waals surface area contributed by atoms with E-state index in [0.29, 0.717) is 12.4 Å². The van der Waals surface area contributed by atoms with E-state index in [1.165, 1.54) is 7.11 Å². The van der Waals surface area contributed by atoms with Gasteiger partial charge in [0.25, 0.3) is 0 Å². The summed E-state index contributed by atoms with van der Waals surface area (Å²) in [4.78, 5) is 15.2. The fourth-order valence-electron chi connectivity index (χ4n) is 1.14. The molecule has 1 heterocycles. The quantitative estimate of drug-likeness (QED) is 0.673. The first kappa shape index (κ1) is 9.73. The molecule has 0 aromatic carbocycles. The molecule has 0 fully saturated rings. The fraction of sp³-hybridized carbons (Fsp3) is 0.500. The molecular formula is C8H13N3O2. The summed E-state index contributed by atoms with van der Waals surface area (Å²) in [5.74, 6) is 0.380. The Morgan fingerprint density at radius 2 is 2.54 bits per heavy atom. The molecule has 0 aliphatic heterocycles. The Hall–Kier alpha value is -1.36. The normalized spacial score (nSPS) is 12.5. The van der Waals surface area contributed by atoms with Gasteiger partial charge in [-0.3, -0.25) is 0 Å². The van der Waals surface area contributed by atoms with E-state index in [1.54, 1.807) is 23.9 Å². The third-order valence-corrected chi connectivity index (χ3v) is 1.89. The molecule has 2 N–H and O–H groups in total. The van der Waals surface area contributed by atoms with Gasteiger partial charge in [-0.05, 0) is 6.92 Å². The summed E-state index contributed by atoms with van der Waals surface area (Å²) in [6, 6.07) is -0.369. The first-order chi connectivity index (χ1) is 6.20. The van der Waals surface area contributed by atoms with E-state index in [0.717, 1.165) is 0 Å². The van der Waals surface area contributed by atoms with Gasteiger partial charge < -0.3 is 15.0 Å². The van der Waals surface area contributed by atoms with Gasteiger partial charge in [0.05, 0.1) is 13.7 Å². The highest BCUT2D eigenvalue weighted by Crippen LogP contribution is 2.09. The van der Waals surface area contributed by atoms with E-state index in [1.807, 2.05) is 0 Å². The van der Waals surface area contributed by atoms with Gasteiger partial charge >= 0.3 is 5.97 Å². The second-order valence-corrected chi connectivity index (χ2v) is 2.65. The minimum Gasteiger partial charge on any atom is -0.467 e. The smallest absolute Gasteiger partial charge is 0.328 e. The molecule has 0 saturated carbocycles. The molecule has 1 atom stereocenters. The van der Waals surface area contributed by atoms with E-state index in [4.69, 9.17) is 5.73 Å². The Balaban J connectivity index is 2.87. The Morgan fingerprint density at radius 3 is 3.08 bits per heavy atom. The van der Waals surface area contributed by atoms with Crippen molar-refractivity contribution in [2.75, 3.05) is 7.11 Å². The third kappa shape index (κ3) is 1.86. The number of nitrogens with zero attached hydrogens (tertiary/aromatic N) is 2. The van der Waals surface area contributed by atoms with E-state index in [2.05, 4.69) is 9.72 Å². The number of ether oxygens (including phenoxy) is 1. The lowest BCUT2D eigenvalue weighted by atomic mass is 10.3. The summed E-state index contributed by atoms with van der Waals surface area (Å²) < 4.78 is 6.31. The monoisotopic (exact) mass is 183 g/mol. The van der Waals surface area contributed by atoms with E-state index < -0.39 is 0 Å². The molecule has 0 bridgehead atoms. The van der Waals surface area contributed by atoms with Crippen molar-refractivity contribution in [1.82, 2.24) is 9.55 Å².